The molecule has 104 valence electrons. The van der Waals surface area contributed by atoms with Crippen LogP contribution in [0.3, 0.4) is 0 Å². The second-order valence-corrected chi connectivity index (χ2v) is 5.54. The SMILES string of the molecule is Cc1ccc(N2CCOC(C)(C)C2)c(/C(N)=N/O)c1. The van der Waals surface area contributed by atoms with E-state index in [0.717, 1.165) is 29.9 Å². The number of nitrogens with zero attached hydrogens (tertiary/aromatic N) is 2. The molecule has 0 aromatic heterocycles. The molecule has 0 spiro atoms. The summed E-state index contributed by atoms with van der Waals surface area (Å²) >= 11 is 0. The van der Waals surface area contributed by atoms with Crippen LogP contribution in [0, 0.1) is 6.92 Å². The number of nitrogens with two attached hydrogens (primary N) is 1. The lowest BCUT2D eigenvalue weighted by molar-refractivity contribution is -0.0276. The Bertz CT molecular complexity index is 497. The van der Waals surface area contributed by atoms with Gasteiger partial charge in [-0.3, -0.25) is 0 Å². The van der Waals surface area contributed by atoms with Crippen molar-refractivity contribution in [2.45, 2.75) is 26.4 Å². The third-order valence-corrected chi connectivity index (χ3v) is 3.30. The summed E-state index contributed by atoms with van der Waals surface area (Å²) in [5.74, 6) is 0.142. The Morgan fingerprint density at radius 1 is 1.47 bits per heavy atom. The minimum Gasteiger partial charge on any atom is -0.409 e. The number of morpholine rings is 1. The van der Waals surface area contributed by atoms with E-state index in [1.807, 2.05) is 25.1 Å². The molecule has 2 rings (SSSR count). The largest absolute Gasteiger partial charge is 0.409 e. The molecule has 0 amide bonds. The maximum atomic E-state index is 8.92. The minimum absolute atomic E-state index is 0.142. The lowest BCUT2D eigenvalue weighted by Crippen LogP contribution is -2.48. The van der Waals surface area contributed by atoms with Gasteiger partial charge in [-0.2, -0.15) is 0 Å². The molecule has 0 saturated carbocycles. The van der Waals surface area contributed by atoms with E-state index in [2.05, 4.69) is 23.9 Å². The Kier molecular flexibility index (Phi) is 3.66. The highest BCUT2D eigenvalue weighted by molar-refractivity contribution is 6.02. The summed E-state index contributed by atoms with van der Waals surface area (Å²) in [6, 6.07) is 5.99. The predicted molar refractivity (Wildman–Crippen MR) is 75.9 cm³/mol. The van der Waals surface area contributed by atoms with Crippen molar-refractivity contribution >= 4 is 11.5 Å². The van der Waals surface area contributed by atoms with E-state index in [9.17, 15) is 0 Å². The molecule has 1 saturated heterocycles. The van der Waals surface area contributed by atoms with Gasteiger partial charge in [0.05, 0.1) is 12.2 Å². The highest BCUT2D eigenvalue weighted by Crippen LogP contribution is 2.27. The Labute approximate surface area is 113 Å². The van der Waals surface area contributed by atoms with E-state index >= 15 is 0 Å². The van der Waals surface area contributed by atoms with Crippen molar-refractivity contribution in [3.63, 3.8) is 0 Å². The second-order valence-electron chi connectivity index (χ2n) is 5.54. The van der Waals surface area contributed by atoms with E-state index in [0.29, 0.717) is 6.61 Å². The van der Waals surface area contributed by atoms with Crippen LogP contribution in [0.2, 0.25) is 0 Å². The smallest absolute Gasteiger partial charge is 0.172 e. The maximum Gasteiger partial charge on any atom is 0.172 e. The molecule has 1 aliphatic heterocycles. The highest BCUT2D eigenvalue weighted by Gasteiger charge is 2.28. The van der Waals surface area contributed by atoms with Gasteiger partial charge in [0.1, 0.15) is 0 Å². The van der Waals surface area contributed by atoms with E-state index < -0.39 is 0 Å². The molecule has 19 heavy (non-hydrogen) atoms. The lowest BCUT2D eigenvalue weighted by Gasteiger charge is -2.40. The zero-order chi connectivity index (χ0) is 14.0. The molecule has 5 heteroatoms. The third kappa shape index (κ3) is 2.98. The predicted octanol–water partition coefficient (Wildman–Crippen LogP) is 1.70. The molecule has 3 N–H and O–H groups in total. The van der Waals surface area contributed by atoms with E-state index in [4.69, 9.17) is 15.7 Å². The summed E-state index contributed by atoms with van der Waals surface area (Å²) in [6.07, 6.45) is 0. The van der Waals surface area contributed by atoms with Crippen LogP contribution in [-0.4, -0.2) is 36.3 Å². The van der Waals surface area contributed by atoms with Gasteiger partial charge in [0.25, 0.3) is 0 Å². The standard InChI is InChI=1S/C14H21N3O2/c1-10-4-5-12(11(8-10)13(15)16-18)17-6-7-19-14(2,3)9-17/h4-5,8,18H,6-7,9H2,1-3H3,(H2,15,16). The number of amidine groups is 1. The van der Waals surface area contributed by atoms with Gasteiger partial charge >= 0.3 is 0 Å². The number of hydrogen-bond acceptors (Lipinski definition) is 4. The Morgan fingerprint density at radius 2 is 2.21 bits per heavy atom. The number of oxime groups is 1. The van der Waals surface area contributed by atoms with E-state index in [-0.39, 0.29) is 11.4 Å². The zero-order valence-electron chi connectivity index (χ0n) is 11.7. The number of rotatable bonds is 2. The molecule has 0 aliphatic carbocycles. The van der Waals surface area contributed by atoms with Crippen LogP contribution in [-0.2, 0) is 4.74 Å². The van der Waals surface area contributed by atoms with Gasteiger partial charge in [0.15, 0.2) is 5.84 Å². The van der Waals surface area contributed by atoms with Crippen LogP contribution in [0.15, 0.2) is 23.4 Å². The molecular formula is C14H21N3O2. The van der Waals surface area contributed by atoms with Gasteiger partial charge in [-0.25, -0.2) is 0 Å². The van der Waals surface area contributed by atoms with Crippen molar-refractivity contribution in [1.29, 1.82) is 0 Å². The number of anilines is 1. The highest BCUT2D eigenvalue weighted by atomic mass is 16.5. The molecular weight excluding hydrogens is 242 g/mol. The quantitative estimate of drug-likeness (QED) is 0.369. The summed E-state index contributed by atoms with van der Waals surface area (Å²) in [5, 5.41) is 12.1. The zero-order valence-corrected chi connectivity index (χ0v) is 11.7. The molecule has 1 fully saturated rings. The average Bonchev–Trinajstić information content (AvgIpc) is 2.36. The first-order valence-corrected chi connectivity index (χ1v) is 6.40. The summed E-state index contributed by atoms with van der Waals surface area (Å²) in [4.78, 5) is 2.22. The Balaban J connectivity index is 2.39. The normalized spacial score (nSPS) is 19.5. The van der Waals surface area contributed by atoms with Crippen molar-refractivity contribution in [2.75, 3.05) is 24.6 Å². The fourth-order valence-electron chi connectivity index (χ4n) is 2.41. The molecule has 0 atom stereocenters. The van der Waals surface area contributed by atoms with Crippen LogP contribution >= 0.6 is 0 Å². The summed E-state index contributed by atoms with van der Waals surface area (Å²) in [7, 11) is 0. The first-order valence-electron chi connectivity index (χ1n) is 6.40. The van der Waals surface area contributed by atoms with Crippen molar-refractivity contribution in [1.82, 2.24) is 0 Å². The molecule has 1 aromatic carbocycles. The van der Waals surface area contributed by atoms with Gasteiger partial charge in [0.2, 0.25) is 0 Å². The van der Waals surface area contributed by atoms with Crippen molar-refractivity contribution in [3.05, 3.63) is 29.3 Å². The molecule has 1 aliphatic rings. The maximum absolute atomic E-state index is 8.92. The average molecular weight is 263 g/mol. The summed E-state index contributed by atoms with van der Waals surface area (Å²) in [5.41, 5.74) is 8.42. The number of ether oxygens (including phenoxy) is 1. The summed E-state index contributed by atoms with van der Waals surface area (Å²) < 4.78 is 5.71. The monoisotopic (exact) mass is 263 g/mol. The van der Waals surface area contributed by atoms with Gasteiger partial charge in [-0.05, 0) is 32.9 Å². The fraction of sp³-hybridized carbons (Fsp3) is 0.500. The molecule has 5 nitrogen and oxygen atoms in total. The fourth-order valence-corrected chi connectivity index (χ4v) is 2.41. The second kappa shape index (κ2) is 5.09. The number of benzene rings is 1. The van der Waals surface area contributed by atoms with Gasteiger partial charge in [-0.1, -0.05) is 16.8 Å². The van der Waals surface area contributed by atoms with Crippen LogP contribution in [0.25, 0.3) is 0 Å². The third-order valence-electron chi connectivity index (χ3n) is 3.30. The lowest BCUT2D eigenvalue weighted by atomic mass is 10.0. The van der Waals surface area contributed by atoms with Gasteiger partial charge in [-0.15, -0.1) is 0 Å². The number of aryl methyl sites for hydroxylation is 1. The van der Waals surface area contributed by atoms with Crippen LogP contribution < -0.4 is 10.6 Å². The summed E-state index contributed by atoms with van der Waals surface area (Å²) in [6.45, 7) is 8.38. The minimum atomic E-state index is -0.189. The van der Waals surface area contributed by atoms with Gasteiger partial charge in [0, 0.05) is 24.3 Å². The Hall–Kier alpha value is -1.75. The molecule has 0 radical (unpaired) electrons. The molecule has 1 aromatic rings. The van der Waals surface area contributed by atoms with Crippen LogP contribution in [0.1, 0.15) is 25.0 Å². The van der Waals surface area contributed by atoms with Crippen molar-refractivity contribution < 1.29 is 9.94 Å². The van der Waals surface area contributed by atoms with Gasteiger partial charge < -0.3 is 20.6 Å². The van der Waals surface area contributed by atoms with Crippen molar-refractivity contribution in [3.8, 4) is 0 Å². The first kappa shape index (κ1) is 13.7. The first-order chi connectivity index (χ1) is 8.93. The van der Waals surface area contributed by atoms with Crippen LogP contribution in [0.5, 0.6) is 0 Å². The van der Waals surface area contributed by atoms with Crippen LogP contribution in [0.4, 0.5) is 5.69 Å². The molecule has 1 heterocycles. The van der Waals surface area contributed by atoms with E-state index in [1.165, 1.54) is 0 Å². The molecule has 0 unspecified atom stereocenters. The molecule has 0 bridgehead atoms. The van der Waals surface area contributed by atoms with E-state index in [1.54, 1.807) is 0 Å². The topological polar surface area (TPSA) is 71.1 Å². The Morgan fingerprint density at radius 3 is 2.84 bits per heavy atom. The van der Waals surface area contributed by atoms with Crippen molar-refractivity contribution in [2.24, 2.45) is 10.9 Å². The number of hydrogen-bond donors (Lipinski definition) is 2.